The van der Waals surface area contributed by atoms with Crippen LogP contribution in [0.5, 0.6) is 0 Å². The quantitative estimate of drug-likeness (QED) is 0.908. The van der Waals surface area contributed by atoms with Crippen molar-refractivity contribution in [1.82, 2.24) is 5.32 Å². The van der Waals surface area contributed by atoms with Gasteiger partial charge in [-0.1, -0.05) is 18.2 Å². The van der Waals surface area contributed by atoms with Crippen LogP contribution in [0.1, 0.15) is 26.2 Å². The monoisotopic (exact) mass is 302 g/mol. The van der Waals surface area contributed by atoms with Gasteiger partial charge in [0.1, 0.15) is 0 Å². The van der Waals surface area contributed by atoms with E-state index in [1.807, 2.05) is 18.2 Å². The summed E-state index contributed by atoms with van der Waals surface area (Å²) in [6, 6.07) is 10.6. The molecule has 0 unspecified atom stereocenters. The Balaban J connectivity index is 1.47. The molecule has 2 atom stereocenters. The van der Waals surface area contributed by atoms with E-state index in [1.165, 1.54) is 5.69 Å². The minimum atomic E-state index is 0.214. The summed E-state index contributed by atoms with van der Waals surface area (Å²) in [5.41, 5.74) is 1.44. The van der Waals surface area contributed by atoms with Gasteiger partial charge in [-0.15, -0.1) is 0 Å². The highest BCUT2D eigenvalue weighted by atomic mass is 16.5. The highest BCUT2D eigenvalue weighted by Gasteiger charge is 2.57. The number of para-hydroxylation sites is 1. The van der Waals surface area contributed by atoms with E-state index in [1.54, 1.807) is 0 Å². The van der Waals surface area contributed by atoms with Crippen molar-refractivity contribution >= 4 is 11.6 Å². The van der Waals surface area contributed by atoms with Gasteiger partial charge >= 0.3 is 0 Å². The Bertz CT molecular complexity index is 511. The molecule has 1 saturated carbocycles. The molecule has 1 aromatic rings. The largest absolute Gasteiger partial charge is 0.381 e. The third-order valence-corrected chi connectivity index (χ3v) is 5.39. The molecule has 1 aromatic carbocycles. The Morgan fingerprint density at radius 1 is 1.36 bits per heavy atom. The number of anilines is 1. The number of rotatable bonds is 5. The molecule has 1 N–H and O–H groups in total. The number of hydrogen-bond acceptors (Lipinski definition) is 3. The molecular formula is C18H26N2O2. The average Bonchev–Trinajstić information content (AvgIpc) is 3.26. The van der Waals surface area contributed by atoms with E-state index in [0.29, 0.717) is 6.54 Å². The van der Waals surface area contributed by atoms with Gasteiger partial charge in [-0.2, -0.15) is 0 Å². The molecule has 1 heterocycles. The van der Waals surface area contributed by atoms with Crippen LogP contribution in [0.2, 0.25) is 0 Å². The van der Waals surface area contributed by atoms with Gasteiger partial charge in [0.15, 0.2) is 0 Å². The Morgan fingerprint density at radius 2 is 2.05 bits per heavy atom. The van der Waals surface area contributed by atoms with Crippen LogP contribution in [0, 0.1) is 11.3 Å². The number of nitrogens with one attached hydrogen (secondary N) is 1. The molecule has 2 fully saturated rings. The molecule has 0 radical (unpaired) electrons. The van der Waals surface area contributed by atoms with Crippen LogP contribution in [0.15, 0.2) is 30.3 Å². The summed E-state index contributed by atoms with van der Waals surface area (Å²) in [5, 5.41) is 3.15. The molecule has 22 heavy (non-hydrogen) atoms. The Morgan fingerprint density at radius 3 is 2.73 bits per heavy atom. The first-order valence-corrected chi connectivity index (χ1v) is 8.26. The maximum atomic E-state index is 12.4. The maximum absolute atomic E-state index is 12.4. The van der Waals surface area contributed by atoms with E-state index in [9.17, 15) is 4.79 Å². The molecule has 1 saturated heterocycles. The van der Waals surface area contributed by atoms with Gasteiger partial charge in [0, 0.05) is 44.5 Å². The van der Waals surface area contributed by atoms with E-state index >= 15 is 0 Å². The number of nitrogens with zero attached hydrogens (tertiary/aromatic N) is 1. The van der Waals surface area contributed by atoms with Crippen molar-refractivity contribution in [2.24, 2.45) is 11.3 Å². The lowest BCUT2D eigenvalue weighted by atomic mass is 9.93. The third kappa shape index (κ3) is 3.12. The number of likely N-dealkylation sites (N-methyl/N-ethyl adjacent to an activating group) is 1. The molecule has 1 amide bonds. The zero-order valence-electron chi connectivity index (χ0n) is 13.5. The van der Waals surface area contributed by atoms with Crippen molar-refractivity contribution in [2.75, 3.05) is 31.7 Å². The highest BCUT2D eigenvalue weighted by Crippen LogP contribution is 2.59. The Hall–Kier alpha value is -1.55. The van der Waals surface area contributed by atoms with Gasteiger partial charge in [-0.25, -0.2) is 0 Å². The first-order valence-electron chi connectivity index (χ1n) is 8.26. The predicted octanol–water partition coefficient (Wildman–Crippen LogP) is 2.44. The van der Waals surface area contributed by atoms with Crippen molar-refractivity contribution in [1.29, 1.82) is 0 Å². The third-order valence-electron chi connectivity index (χ3n) is 5.39. The smallest absolute Gasteiger partial charge is 0.223 e. The molecule has 4 heteroatoms. The van der Waals surface area contributed by atoms with Gasteiger partial charge in [0.05, 0.1) is 0 Å². The zero-order chi connectivity index (χ0) is 15.6. The van der Waals surface area contributed by atoms with Gasteiger partial charge < -0.3 is 15.0 Å². The lowest BCUT2D eigenvalue weighted by Gasteiger charge is -2.27. The first kappa shape index (κ1) is 15.3. The fourth-order valence-electron chi connectivity index (χ4n) is 3.47. The topological polar surface area (TPSA) is 41.6 Å². The maximum Gasteiger partial charge on any atom is 0.223 e. The van der Waals surface area contributed by atoms with Gasteiger partial charge in [0.2, 0.25) is 5.91 Å². The summed E-state index contributed by atoms with van der Waals surface area (Å²) in [5.74, 6) is 0.445. The molecule has 3 rings (SSSR count). The number of benzene rings is 1. The number of amides is 1. The summed E-state index contributed by atoms with van der Waals surface area (Å²) in [6.07, 6.45) is 3.14. The van der Waals surface area contributed by atoms with Gasteiger partial charge in [-0.3, -0.25) is 4.79 Å². The second-order valence-electron chi connectivity index (χ2n) is 6.77. The van der Waals surface area contributed by atoms with E-state index in [0.717, 1.165) is 32.5 Å². The van der Waals surface area contributed by atoms with Crippen molar-refractivity contribution in [3.63, 3.8) is 0 Å². The zero-order valence-corrected chi connectivity index (χ0v) is 13.5. The second-order valence-corrected chi connectivity index (χ2v) is 6.77. The second kappa shape index (κ2) is 6.29. The molecule has 120 valence electrons. The van der Waals surface area contributed by atoms with E-state index < -0.39 is 0 Å². The Labute approximate surface area is 132 Å². The number of carbonyl (C=O) groups is 1. The minimum absolute atomic E-state index is 0.214. The molecule has 1 spiro atoms. The van der Waals surface area contributed by atoms with Crippen LogP contribution >= 0.6 is 0 Å². The lowest BCUT2D eigenvalue weighted by molar-refractivity contribution is -0.123. The summed E-state index contributed by atoms with van der Waals surface area (Å²) >= 11 is 0. The molecule has 4 nitrogen and oxygen atoms in total. The molecule has 1 aliphatic heterocycles. The summed E-state index contributed by atoms with van der Waals surface area (Å²) in [4.78, 5) is 14.6. The van der Waals surface area contributed by atoms with E-state index in [4.69, 9.17) is 4.74 Å². The van der Waals surface area contributed by atoms with Crippen molar-refractivity contribution in [3.05, 3.63) is 30.3 Å². The lowest BCUT2D eigenvalue weighted by Crippen LogP contribution is -2.41. The molecule has 1 aliphatic carbocycles. The minimum Gasteiger partial charge on any atom is -0.381 e. The van der Waals surface area contributed by atoms with Crippen LogP contribution in [-0.2, 0) is 9.53 Å². The summed E-state index contributed by atoms with van der Waals surface area (Å²) in [7, 11) is 2.07. The first-order chi connectivity index (χ1) is 10.6. The summed E-state index contributed by atoms with van der Waals surface area (Å²) in [6.45, 7) is 4.46. The molecule has 0 bridgehead atoms. The number of hydrogen-bond donors (Lipinski definition) is 1. The summed E-state index contributed by atoms with van der Waals surface area (Å²) < 4.78 is 5.41. The number of ether oxygens (including phenoxy) is 1. The van der Waals surface area contributed by atoms with Gasteiger partial charge in [0.25, 0.3) is 0 Å². The molecular weight excluding hydrogens is 276 g/mol. The fraction of sp³-hybridized carbons (Fsp3) is 0.611. The SMILES string of the molecule is C[C@@H](CNC(=O)[C@H]1CC12CCOCC2)N(C)c1ccccc1. The number of carbonyl (C=O) groups excluding carboxylic acids is 1. The van der Waals surface area contributed by atoms with Crippen LogP contribution in [0.25, 0.3) is 0 Å². The fourth-order valence-corrected chi connectivity index (χ4v) is 3.47. The van der Waals surface area contributed by atoms with Gasteiger partial charge in [-0.05, 0) is 43.7 Å². The van der Waals surface area contributed by atoms with E-state index in [-0.39, 0.29) is 23.3 Å². The van der Waals surface area contributed by atoms with Crippen LogP contribution in [-0.4, -0.2) is 38.8 Å². The predicted molar refractivity (Wildman–Crippen MR) is 87.9 cm³/mol. The van der Waals surface area contributed by atoms with Crippen LogP contribution in [0.3, 0.4) is 0 Å². The van der Waals surface area contributed by atoms with Crippen LogP contribution < -0.4 is 10.2 Å². The van der Waals surface area contributed by atoms with Crippen molar-refractivity contribution in [3.8, 4) is 0 Å². The normalized spacial score (nSPS) is 23.8. The van der Waals surface area contributed by atoms with Crippen molar-refractivity contribution in [2.45, 2.75) is 32.2 Å². The Kier molecular flexibility index (Phi) is 4.39. The van der Waals surface area contributed by atoms with Crippen molar-refractivity contribution < 1.29 is 9.53 Å². The van der Waals surface area contributed by atoms with E-state index in [2.05, 4.69) is 36.3 Å². The highest BCUT2D eigenvalue weighted by molar-refractivity contribution is 5.82. The standard InChI is InChI=1S/C18H26N2O2/c1-14(20(2)15-6-4-3-5-7-15)13-19-17(21)16-12-18(16)8-10-22-11-9-18/h3-7,14,16H,8-13H2,1-2H3,(H,19,21)/t14-,16+/m0/s1. The molecule has 2 aliphatic rings. The van der Waals surface area contributed by atoms with Crippen LogP contribution in [0.4, 0.5) is 5.69 Å². The molecule has 0 aromatic heterocycles. The average molecular weight is 302 g/mol.